The van der Waals surface area contributed by atoms with Crippen LogP contribution in [0.3, 0.4) is 0 Å². The quantitative estimate of drug-likeness (QED) is 0.640. The predicted molar refractivity (Wildman–Crippen MR) is 54.0 cm³/mol. The molecule has 0 saturated carbocycles. The van der Waals surface area contributed by atoms with Crippen LogP contribution in [0.15, 0.2) is 9.64 Å². The van der Waals surface area contributed by atoms with Crippen LogP contribution in [0.25, 0.3) is 0 Å². The highest BCUT2D eigenvalue weighted by Crippen LogP contribution is 2.21. The van der Waals surface area contributed by atoms with E-state index in [1.54, 1.807) is 0 Å². The SMILES string of the molecule is Cc1nc(SCC(Cl)C(=O)O)oc1C. The minimum Gasteiger partial charge on any atom is -0.480 e. The van der Waals surface area contributed by atoms with Crippen LogP contribution >= 0.6 is 23.4 Å². The molecule has 1 rings (SSSR count). The van der Waals surface area contributed by atoms with E-state index in [1.807, 2.05) is 13.8 Å². The average molecular weight is 236 g/mol. The molecule has 0 aliphatic rings. The number of thioether (sulfide) groups is 1. The fourth-order valence-corrected chi connectivity index (χ4v) is 1.73. The van der Waals surface area contributed by atoms with Crippen molar-refractivity contribution in [3.8, 4) is 0 Å². The molecule has 1 heterocycles. The lowest BCUT2D eigenvalue weighted by Crippen LogP contribution is -2.15. The van der Waals surface area contributed by atoms with Crippen molar-refractivity contribution in [2.45, 2.75) is 24.4 Å². The zero-order chi connectivity index (χ0) is 10.7. The summed E-state index contributed by atoms with van der Waals surface area (Å²) in [6.45, 7) is 3.64. The van der Waals surface area contributed by atoms with E-state index in [-0.39, 0.29) is 5.75 Å². The molecular formula is C8H10ClNO3S. The Balaban J connectivity index is 2.50. The topological polar surface area (TPSA) is 63.3 Å². The zero-order valence-corrected chi connectivity index (χ0v) is 9.35. The highest BCUT2D eigenvalue weighted by atomic mass is 35.5. The summed E-state index contributed by atoms with van der Waals surface area (Å²) >= 11 is 6.72. The number of carbonyl (C=O) groups is 1. The van der Waals surface area contributed by atoms with Gasteiger partial charge in [-0.1, -0.05) is 11.8 Å². The van der Waals surface area contributed by atoms with Crippen molar-refractivity contribution in [1.82, 2.24) is 4.98 Å². The molecule has 1 aromatic rings. The minimum atomic E-state index is -1.03. The van der Waals surface area contributed by atoms with Crippen molar-refractivity contribution in [3.05, 3.63) is 11.5 Å². The number of carboxylic acids is 1. The Morgan fingerprint density at radius 1 is 1.71 bits per heavy atom. The van der Waals surface area contributed by atoms with Gasteiger partial charge in [-0.3, -0.25) is 4.79 Å². The smallest absolute Gasteiger partial charge is 0.322 e. The number of aromatic nitrogens is 1. The number of hydrogen-bond acceptors (Lipinski definition) is 4. The lowest BCUT2D eigenvalue weighted by molar-refractivity contribution is -0.136. The van der Waals surface area contributed by atoms with Crippen molar-refractivity contribution in [2.24, 2.45) is 0 Å². The number of aliphatic carboxylic acids is 1. The highest BCUT2D eigenvalue weighted by molar-refractivity contribution is 7.99. The number of alkyl halides is 1. The van der Waals surface area contributed by atoms with E-state index in [1.165, 1.54) is 11.8 Å². The summed E-state index contributed by atoms with van der Waals surface area (Å²) in [6, 6.07) is 0. The number of oxazole rings is 1. The minimum absolute atomic E-state index is 0.246. The van der Waals surface area contributed by atoms with Gasteiger partial charge in [0.15, 0.2) is 0 Å². The number of aryl methyl sites for hydroxylation is 2. The molecule has 0 aliphatic carbocycles. The lowest BCUT2D eigenvalue weighted by atomic mass is 10.4. The Bertz CT molecular complexity index is 320. The molecule has 6 heteroatoms. The van der Waals surface area contributed by atoms with Crippen LogP contribution < -0.4 is 0 Å². The van der Waals surface area contributed by atoms with Crippen LogP contribution in [0.2, 0.25) is 0 Å². The molecule has 1 N–H and O–H groups in total. The number of rotatable bonds is 4. The Labute approximate surface area is 90.7 Å². The van der Waals surface area contributed by atoms with Crippen molar-refractivity contribution in [3.63, 3.8) is 0 Å². The number of hydrogen-bond donors (Lipinski definition) is 1. The molecule has 0 fully saturated rings. The van der Waals surface area contributed by atoms with E-state index in [2.05, 4.69) is 4.98 Å². The molecule has 0 amide bonds. The first-order valence-corrected chi connectivity index (χ1v) is 5.36. The second-order valence-corrected chi connectivity index (χ2v) is 4.24. The number of halogens is 1. The molecule has 78 valence electrons. The van der Waals surface area contributed by atoms with Gasteiger partial charge in [0.25, 0.3) is 5.22 Å². The van der Waals surface area contributed by atoms with Crippen molar-refractivity contribution < 1.29 is 14.3 Å². The maximum Gasteiger partial charge on any atom is 0.322 e. The normalized spacial score (nSPS) is 12.8. The largest absolute Gasteiger partial charge is 0.480 e. The van der Waals surface area contributed by atoms with Crippen molar-refractivity contribution >= 4 is 29.3 Å². The monoisotopic (exact) mass is 235 g/mol. The summed E-state index contributed by atoms with van der Waals surface area (Å²) in [6.07, 6.45) is 0. The van der Waals surface area contributed by atoms with Crippen LogP contribution in [-0.4, -0.2) is 27.2 Å². The average Bonchev–Trinajstić information content (AvgIpc) is 2.42. The molecule has 0 aromatic carbocycles. The molecule has 1 atom stereocenters. The second-order valence-electron chi connectivity index (χ2n) is 2.74. The summed E-state index contributed by atoms with van der Waals surface area (Å²) in [5.74, 6) is -0.0378. The van der Waals surface area contributed by atoms with E-state index in [4.69, 9.17) is 21.1 Å². The van der Waals surface area contributed by atoms with E-state index in [0.717, 1.165) is 11.5 Å². The van der Waals surface area contributed by atoms with Crippen LogP contribution in [0, 0.1) is 13.8 Å². The Hall–Kier alpha value is -0.680. The third kappa shape index (κ3) is 2.92. The second kappa shape index (κ2) is 4.70. The Morgan fingerprint density at radius 3 is 2.79 bits per heavy atom. The fourth-order valence-electron chi connectivity index (χ4n) is 0.721. The maximum atomic E-state index is 10.4. The van der Waals surface area contributed by atoms with E-state index in [0.29, 0.717) is 5.22 Å². The summed E-state index contributed by atoms with van der Waals surface area (Å²) in [7, 11) is 0. The number of carboxylic acid groups (broad SMARTS) is 1. The van der Waals surface area contributed by atoms with Crippen molar-refractivity contribution in [1.29, 1.82) is 0 Å². The molecule has 0 radical (unpaired) electrons. The van der Waals surface area contributed by atoms with Gasteiger partial charge in [-0.2, -0.15) is 0 Å². The van der Waals surface area contributed by atoms with Gasteiger partial charge in [0.05, 0.1) is 5.69 Å². The molecule has 1 aromatic heterocycles. The Morgan fingerprint density at radius 2 is 2.36 bits per heavy atom. The van der Waals surface area contributed by atoms with Gasteiger partial charge in [-0.15, -0.1) is 11.6 Å². The first-order valence-electron chi connectivity index (χ1n) is 3.94. The van der Waals surface area contributed by atoms with Gasteiger partial charge in [0.1, 0.15) is 11.1 Å². The standard InChI is InChI=1S/C8H10ClNO3S/c1-4-5(2)13-8(10-4)14-3-6(9)7(11)12/h6H,3H2,1-2H3,(H,11,12). The molecule has 14 heavy (non-hydrogen) atoms. The third-order valence-electron chi connectivity index (χ3n) is 1.63. The van der Waals surface area contributed by atoms with Gasteiger partial charge in [0, 0.05) is 5.75 Å². The Kier molecular flexibility index (Phi) is 3.83. The van der Waals surface area contributed by atoms with E-state index in [9.17, 15) is 4.79 Å². The molecule has 1 unspecified atom stereocenters. The predicted octanol–water partition coefficient (Wildman–Crippen LogP) is 2.08. The summed E-state index contributed by atoms with van der Waals surface area (Å²) in [4.78, 5) is 14.5. The van der Waals surface area contributed by atoms with E-state index >= 15 is 0 Å². The zero-order valence-electron chi connectivity index (χ0n) is 7.78. The molecular weight excluding hydrogens is 226 g/mol. The summed E-state index contributed by atoms with van der Waals surface area (Å²) in [5, 5.41) is 8.08. The molecule has 0 spiro atoms. The van der Waals surface area contributed by atoms with Gasteiger partial charge in [-0.05, 0) is 13.8 Å². The van der Waals surface area contributed by atoms with Gasteiger partial charge < -0.3 is 9.52 Å². The first-order chi connectivity index (χ1) is 6.50. The lowest BCUT2D eigenvalue weighted by Gasteiger charge is -1.99. The van der Waals surface area contributed by atoms with Crippen LogP contribution in [0.4, 0.5) is 0 Å². The third-order valence-corrected chi connectivity index (χ3v) is 3.08. The highest BCUT2D eigenvalue weighted by Gasteiger charge is 2.15. The first kappa shape index (κ1) is 11.4. The van der Waals surface area contributed by atoms with Gasteiger partial charge in [0.2, 0.25) is 0 Å². The summed E-state index contributed by atoms with van der Waals surface area (Å²) in [5.41, 5.74) is 0.814. The summed E-state index contributed by atoms with van der Waals surface area (Å²) < 4.78 is 5.24. The van der Waals surface area contributed by atoms with Gasteiger partial charge >= 0.3 is 5.97 Å². The molecule has 0 saturated heterocycles. The van der Waals surface area contributed by atoms with Crippen LogP contribution in [0.5, 0.6) is 0 Å². The van der Waals surface area contributed by atoms with E-state index < -0.39 is 11.3 Å². The van der Waals surface area contributed by atoms with Crippen LogP contribution in [-0.2, 0) is 4.79 Å². The molecule has 4 nitrogen and oxygen atoms in total. The fraction of sp³-hybridized carbons (Fsp3) is 0.500. The maximum absolute atomic E-state index is 10.4. The molecule has 0 bridgehead atoms. The number of nitrogens with zero attached hydrogens (tertiary/aromatic N) is 1. The van der Waals surface area contributed by atoms with Gasteiger partial charge in [-0.25, -0.2) is 4.98 Å². The van der Waals surface area contributed by atoms with Crippen LogP contribution in [0.1, 0.15) is 11.5 Å². The van der Waals surface area contributed by atoms with Crippen molar-refractivity contribution in [2.75, 3.05) is 5.75 Å². The molecule has 0 aliphatic heterocycles.